The summed E-state index contributed by atoms with van der Waals surface area (Å²) in [6, 6.07) is 13.4. The average molecular weight is 451 g/mol. The number of halogens is 1. The fourth-order valence-corrected chi connectivity index (χ4v) is 4.60. The fraction of sp³-hybridized carbons (Fsp3) is 0.208. The van der Waals surface area contributed by atoms with Crippen LogP contribution in [-0.2, 0) is 22.4 Å². The number of aromatic nitrogens is 2. The Labute approximate surface area is 188 Å². The number of carbonyl (C=O) groups is 2. The van der Waals surface area contributed by atoms with Crippen LogP contribution in [0, 0.1) is 12.7 Å². The first kappa shape index (κ1) is 21.7. The molecule has 4 rings (SSSR count). The summed E-state index contributed by atoms with van der Waals surface area (Å²) in [4.78, 5) is 33.4. The van der Waals surface area contributed by atoms with Crippen molar-refractivity contribution in [3.05, 3.63) is 82.2 Å². The molecule has 0 saturated carbocycles. The number of anilines is 1. The molecule has 4 aromatic rings. The molecule has 32 heavy (non-hydrogen) atoms. The van der Waals surface area contributed by atoms with Crippen molar-refractivity contribution in [2.45, 2.75) is 32.7 Å². The van der Waals surface area contributed by atoms with Gasteiger partial charge in [0.2, 0.25) is 11.8 Å². The minimum absolute atomic E-state index is 0.276. The second-order valence-electron chi connectivity index (χ2n) is 7.64. The summed E-state index contributed by atoms with van der Waals surface area (Å²) in [7, 11) is 0. The Morgan fingerprint density at radius 3 is 2.66 bits per heavy atom. The van der Waals surface area contributed by atoms with Gasteiger partial charge >= 0.3 is 0 Å². The summed E-state index contributed by atoms with van der Waals surface area (Å²) in [5.74, 6) is -0.883. The molecule has 2 aromatic carbocycles. The van der Waals surface area contributed by atoms with Gasteiger partial charge in [0, 0.05) is 41.7 Å². The maximum atomic E-state index is 13.2. The number of nitrogens with zero attached hydrogens (tertiary/aromatic N) is 1. The number of thiazole rings is 1. The van der Waals surface area contributed by atoms with E-state index in [1.807, 2.05) is 37.4 Å². The van der Waals surface area contributed by atoms with Crippen LogP contribution in [-0.4, -0.2) is 27.8 Å². The smallest absolute Gasteiger partial charge is 0.249 e. The van der Waals surface area contributed by atoms with E-state index in [9.17, 15) is 14.0 Å². The molecule has 2 heterocycles. The molecule has 0 radical (unpaired) electrons. The molecule has 0 spiro atoms. The Kier molecular flexibility index (Phi) is 6.32. The third kappa shape index (κ3) is 5.03. The van der Waals surface area contributed by atoms with Gasteiger partial charge < -0.3 is 15.6 Å². The lowest BCUT2D eigenvalue weighted by atomic mass is 10.0. The van der Waals surface area contributed by atoms with E-state index >= 15 is 0 Å². The normalized spacial score (nSPS) is 12.0. The summed E-state index contributed by atoms with van der Waals surface area (Å²) >= 11 is 1.38. The predicted molar refractivity (Wildman–Crippen MR) is 124 cm³/mol. The number of hydrogen-bond acceptors (Lipinski definition) is 4. The molecule has 2 amide bonds. The van der Waals surface area contributed by atoms with Crippen molar-refractivity contribution in [2.24, 2.45) is 0 Å². The van der Waals surface area contributed by atoms with Crippen LogP contribution in [0.4, 0.5) is 9.52 Å². The monoisotopic (exact) mass is 450 g/mol. The van der Waals surface area contributed by atoms with Gasteiger partial charge in [-0.3, -0.25) is 9.59 Å². The van der Waals surface area contributed by atoms with Crippen LogP contribution in [0.5, 0.6) is 0 Å². The SMILES string of the molecule is CC(=O)NC(Cc1c[nH]c2ccccc12)C(=O)Nc1nc(C)c(Cc2ccc(F)cc2)s1. The molecular weight excluding hydrogens is 427 g/mol. The van der Waals surface area contributed by atoms with Crippen LogP contribution in [0.3, 0.4) is 0 Å². The number of nitrogens with one attached hydrogen (secondary N) is 3. The average Bonchev–Trinajstić information content (AvgIpc) is 3.32. The van der Waals surface area contributed by atoms with Gasteiger partial charge in [-0.05, 0) is 36.2 Å². The van der Waals surface area contributed by atoms with Crippen molar-refractivity contribution in [2.75, 3.05) is 5.32 Å². The Balaban J connectivity index is 1.49. The van der Waals surface area contributed by atoms with Gasteiger partial charge in [0.05, 0.1) is 5.69 Å². The summed E-state index contributed by atoms with van der Waals surface area (Å²) in [6.07, 6.45) is 2.81. The van der Waals surface area contributed by atoms with Crippen LogP contribution in [0.1, 0.15) is 28.6 Å². The highest BCUT2D eigenvalue weighted by molar-refractivity contribution is 7.15. The number of H-pyrrole nitrogens is 1. The molecule has 1 atom stereocenters. The number of fused-ring (bicyclic) bond motifs is 1. The van der Waals surface area contributed by atoms with E-state index in [1.54, 1.807) is 12.1 Å². The molecule has 0 aliphatic carbocycles. The summed E-state index contributed by atoms with van der Waals surface area (Å²) in [5, 5.41) is 7.08. The zero-order valence-electron chi connectivity index (χ0n) is 17.7. The molecule has 0 bridgehead atoms. The number of rotatable bonds is 7. The molecule has 0 saturated heterocycles. The van der Waals surface area contributed by atoms with E-state index < -0.39 is 6.04 Å². The van der Waals surface area contributed by atoms with Crippen molar-refractivity contribution in [3.63, 3.8) is 0 Å². The number of aryl methyl sites for hydroxylation is 1. The Morgan fingerprint density at radius 2 is 1.91 bits per heavy atom. The number of benzene rings is 2. The highest BCUT2D eigenvalue weighted by Gasteiger charge is 2.23. The van der Waals surface area contributed by atoms with E-state index in [4.69, 9.17) is 0 Å². The van der Waals surface area contributed by atoms with Crippen molar-refractivity contribution in [1.82, 2.24) is 15.3 Å². The van der Waals surface area contributed by atoms with Gasteiger partial charge in [0.1, 0.15) is 11.9 Å². The molecule has 1 unspecified atom stereocenters. The molecule has 3 N–H and O–H groups in total. The summed E-state index contributed by atoms with van der Waals surface area (Å²) in [5.41, 5.74) is 3.70. The van der Waals surface area contributed by atoms with Crippen LogP contribution < -0.4 is 10.6 Å². The fourth-order valence-electron chi connectivity index (χ4n) is 3.60. The molecule has 0 aliphatic rings. The molecule has 6 nitrogen and oxygen atoms in total. The second kappa shape index (κ2) is 9.32. The lowest BCUT2D eigenvalue weighted by Crippen LogP contribution is -2.44. The lowest BCUT2D eigenvalue weighted by Gasteiger charge is -2.16. The zero-order valence-corrected chi connectivity index (χ0v) is 18.6. The number of carbonyl (C=O) groups excluding carboxylic acids is 2. The summed E-state index contributed by atoms with van der Waals surface area (Å²) in [6.45, 7) is 3.27. The third-order valence-corrected chi connectivity index (χ3v) is 6.27. The maximum absolute atomic E-state index is 13.2. The molecule has 164 valence electrons. The predicted octanol–water partition coefficient (Wildman–Crippen LogP) is 4.35. The van der Waals surface area contributed by atoms with Crippen molar-refractivity contribution in [1.29, 1.82) is 0 Å². The number of amides is 2. The minimum Gasteiger partial charge on any atom is -0.361 e. The minimum atomic E-state index is -0.739. The van der Waals surface area contributed by atoms with E-state index in [0.29, 0.717) is 18.0 Å². The number of hydrogen-bond donors (Lipinski definition) is 3. The Hall–Kier alpha value is -3.52. The largest absolute Gasteiger partial charge is 0.361 e. The molecule has 0 aliphatic heterocycles. The first-order valence-electron chi connectivity index (χ1n) is 10.2. The van der Waals surface area contributed by atoms with Gasteiger partial charge in [0.15, 0.2) is 5.13 Å². The highest BCUT2D eigenvalue weighted by atomic mass is 32.1. The van der Waals surface area contributed by atoms with Gasteiger partial charge in [-0.1, -0.05) is 30.3 Å². The van der Waals surface area contributed by atoms with E-state index in [-0.39, 0.29) is 17.6 Å². The zero-order chi connectivity index (χ0) is 22.7. The number of aromatic amines is 1. The van der Waals surface area contributed by atoms with Crippen LogP contribution >= 0.6 is 11.3 Å². The van der Waals surface area contributed by atoms with Crippen LogP contribution in [0.25, 0.3) is 10.9 Å². The molecule has 2 aromatic heterocycles. The lowest BCUT2D eigenvalue weighted by molar-refractivity contribution is -0.125. The van der Waals surface area contributed by atoms with Crippen molar-refractivity contribution < 1.29 is 14.0 Å². The van der Waals surface area contributed by atoms with E-state index in [2.05, 4.69) is 20.6 Å². The number of para-hydroxylation sites is 1. The van der Waals surface area contributed by atoms with Gasteiger partial charge in [-0.2, -0.15) is 0 Å². The van der Waals surface area contributed by atoms with Gasteiger partial charge in [-0.15, -0.1) is 11.3 Å². The molecular formula is C24H23FN4O2S. The van der Waals surface area contributed by atoms with E-state index in [0.717, 1.165) is 32.6 Å². The third-order valence-electron chi connectivity index (χ3n) is 5.19. The Morgan fingerprint density at radius 1 is 1.16 bits per heavy atom. The van der Waals surface area contributed by atoms with Crippen LogP contribution in [0.15, 0.2) is 54.7 Å². The second-order valence-corrected chi connectivity index (χ2v) is 8.72. The standard InChI is InChI=1S/C24H23FN4O2S/c1-14-22(11-16-7-9-18(25)10-8-16)32-24(27-14)29-23(31)21(28-15(2)30)12-17-13-26-20-6-4-3-5-19(17)20/h3-10,13,21,26H,11-12H2,1-2H3,(H,28,30)(H,27,29,31). The first-order chi connectivity index (χ1) is 15.4. The highest BCUT2D eigenvalue weighted by Crippen LogP contribution is 2.26. The van der Waals surface area contributed by atoms with Gasteiger partial charge in [-0.25, -0.2) is 9.37 Å². The first-order valence-corrected chi connectivity index (χ1v) is 11.0. The van der Waals surface area contributed by atoms with Crippen molar-refractivity contribution >= 4 is 39.2 Å². The molecule has 0 fully saturated rings. The Bertz CT molecular complexity index is 1260. The summed E-state index contributed by atoms with van der Waals surface area (Å²) < 4.78 is 13.2. The topological polar surface area (TPSA) is 86.9 Å². The quantitative estimate of drug-likeness (QED) is 0.391. The van der Waals surface area contributed by atoms with Crippen molar-refractivity contribution in [3.8, 4) is 0 Å². The molecule has 8 heteroatoms. The van der Waals surface area contributed by atoms with Crippen LogP contribution in [0.2, 0.25) is 0 Å². The maximum Gasteiger partial charge on any atom is 0.249 e. The van der Waals surface area contributed by atoms with E-state index in [1.165, 1.54) is 30.4 Å². The van der Waals surface area contributed by atoms with Gasteiger partial charge in [0.25, 0.3) is 0 Å².